The normalized spacial score (nSPS) is 14.8. The number of aryl methyl sites for hydroxylation is 1. The third-order valence-electron chi connectivity index (χ3n) is 5.39. The summed E-state index contributed by atoms with van der Waals surface area (Å²) in [4.78, 5) is 18.9. The van der Waals surface area contributed by atoms with Gasteiger partial charge in [-0.25, -0.2) is 9.97 Å². The minimum Gasteiger partial charge on any atom is -0.392 e. The van der Waals surface area contributed by atoms with Gasteiger partial charge >= 0.3 is 0 Å². The Morgan fingerprint density at radius 2 is 1.87 bits per heavy atom. The van der Waals surface area contributed by atoms with Gasteiger partial charge in [0, 0.05) is 29.2 Å². The second-order valence-corrected chi connectivity index (χ2v) is 9.10. The molecule has 0 amide bonds. The lowest BCUT2D eigenvalue weighted by Crippen LogP contribution is -2.34. The molecule has 5 rings (SSSR count). The van der Waals surface area contributed by atoms with E-state index in [1.54, 1.807) is 17.5 Å². The number of rotatable bonds is 6. The first-order valence-electron chi connectivity index (χ1n) is 10.3. The summed E-state index contributed by atoms with van der Waals surface area (Å²) in [6.45, 7) is 4.54. The van der Waals surface area contributed by atoms with E-state index in [4.69, 9.17) is 9.97 Å². The molecule has 0 radical (unpaired) electrons. The third-order valence-corrected chi connectivity index (χ3v) is 6.38. The van der Waals surface area contributed by atoms with Crippen LogP contribution in [0.15, 0.2) is 54.7 Å². The van der Waals surface area contributed by atoms with Gasteiger partial charge in [0.25, 0.3) is 0 Å². The zero-order chi connectivity index (χ0) is 20.7. The smallest absolute Gasteiger partial charge is 0.181 e. The zero-order valence-electron chi connectivity index (χ0n) is 17.1. The average Bonchev–Trinajstić information content (AvgIpc) is 3.54. The third kappa shape index (κ3) is 3.57. The Morgan fingerprint density at radius 3 is 2.53 bits per heavy atom. The van der Waals surface area contributed by atoms with Crippen LogP contribution in [0.5, 0.6) is 0 Å². The van der Waals surface area contributed by atoms with Crippen LogP contribution in [-0.4, -0.2) is 38.7 Å². The monoisotopic (exact) mass is 416 g/mol. The van der Waals surface area contributed by atoms with Crippen molar-refractivity contribution < 1.29 is 5.11 Å². The topological polar surface area (TPSA) is 62.1 Å². The second-order valence-electron chi connectivity index (χ2n) is 7.90. The van der Waals surface area contributed by atoms with Crippen LogP contribution in [-0.2, 0) is 0 Å². The molecule has 30 heavy (non-hydrogen) atoms. The number of thiophene rings is 1. The fourth-order valence-electron chi connectivity index (χ4n) is 3.94. The Bertz CT molecular complexity index is 1170. The Balaban J connectivity index is 1.79. The fourth-order valence-corrected chi connectivity index (χ4v) is 4.98. The van der Waals surface area contributed by atoms with Crippen molar-refractivity contribution in [3.8, 4) is 22.6 Å². The van der Waals surface area contributed by atoms with Crippen molar-refractivity contribution in [1.29, 1.82) is 0 Å². The van der Waals surface area contributed by atoms with Crippen LogP contribution in [0.2, 0.25) is 0 Å². The lowest BCUT2D eigenvalue weighted by molar-refractivity contribution is 0.199. The Labute approximate surface area is 180 Å². The van der Waals surface area contributed by atoms with E-state index in [1.807, 2.05) is 31.2 Å². The Morgan fingerprint density at radius 1 is 1.10 bits per heavy atom. The van der Waals surface area contributed by atoms with E-state index in [0.29, 0.717) is 18.4 Å². The van der Waals surface area contributed by atoms with Crippen molar-refractivity contribution >= 4 is 27.4 Å². The molecular formula is C24H24N4OS. The molecule has 1 N–H and O–H groups in total. The first kappa shape index (κ1) is 19.2. The molecule has 0 bridgehead atoms. The molecule has 3 heterocycles. The zero-order valence-corrected chi connectivity index (χ0v) is 17.9. The summed E-state index contributed by atoms with van der Waals surface area (Å²) >= 11 is 1.70. The number of pyridine rings is 1. The number of benzene rings is 1. The summed E-state index contributed by atoms with van der Waals surface area (Å²) in [6, 6.07) is 16.7. The van der Waals surface area contributed by atoms with Gasteiger partial charge in [-0.2, -0.15) is 0 Å². The average molecular weight is 417 g/mol. The van der Waals surface area contributed by atoms with Gasteiger partial charge in [-0.1, -0.05) is 36.4 Å². The molecule has 3 aromatic heterocycles. The molecule has 1 fully saturated rings. The molecule has 1 atom stereocenters. The van der Waals surface area contributed by atoms with Gasteiger partial charge in [-0.3, -0.25) is 4.98 Å². The summed E-state index contributed by atoms with van der Waals surface area (Å²) in [5, 5.41) is 11.3. The first-order valence-corrected chi connectivity index (χ1v) is 11.2. The molecule has 0 aliphatic heterocycles. The SMILES string of the molecule is Cc1sc2nc(-c3ccccn3)nc(N(C[C@@H](C)O)C3CC3)c2c1-c1ccccc1. The van der Waals surface area contributed by atoms with E-state index >= 15 is 0 Å². The maximum atomic E-state index is 10.2. The molecule has 0 saturated heterocycles. The van der Waals surface area contributed by atoms with E-state index < -0.39 is 6.10 Å². The number of anilines is 1. The molecule has 1 saturated carbocycles. The number of aliphatic hydroxyl groups excluding tert-OH is 1. The number of fused-ring (bicyclic) bond motifs is 1. The minimum absolute atomic E-state index is 0.415. The molecule has 0 spiro atoms. The highest BCUT2D eigenvalue weighted by Crippen LogP contribution is 2.44. The van der Waals surface area contributed by atoms with Gasteiger partial charge in [-0.05, 0) is 44.4 Å². The van der Waals surface area contributed by atoms with Gasteiger partial charge in [0.05, 0.1) is 11.5 Å². The molecule has 152 valence electrons. The Kier molecular flexibility index (Phi) is 4.97. The quantitative estimate of drug-likeness (QED) is 0.475. The summed E-state index contributed by atoms with van der Waals surface area (Å²) in [7, 11) is 0. The van der Waals surface area contributed by atoms with Gasteiger partial charge in [-0.15, -0.1) is 11.3 Å². The molecule has 5 nitrogen and oxygen atoms in total. The van der Waals surface area contributed by atoms with Gasteiger partial charge in [0.2, 0.25) is 0 Å². The van der Waals surface area contributed by atoms with E-state index in [9.17, 15) is 5.11 Å². The lowest BCUT2D eigenvalue weighted by Gasteiger charge is -2.26. The molecule has 1 aliphatic rings. The first-order chi connectivity index (χ1) is 14.6. The molecule has 4 aromatic rings. The maximum absolute atomic E-state index is 10.2. The van der Waals surface area contributed by atoms with E-state index in [0.717, 1.165) is 34.6 Å². The number of aromatic nitrogens is 3. The summed E-state index contributed by atoms with van der Waals surface area (Å²) in [6.07, 6.45) is 3.59. The maximum Gasteiger partial charge on any atom is 0.181 e. The van der Waals surface area contributed by atoms with E-state index in [2.05, 4.69) is 41.1 Å². The highest BCUT2D eigenvalue weighted by atomic mass is 32.1. The van der Waals surface area contributed by atoms with E-state index in [1.165, 1.54) is 16.0 Å². The van der Waals surface area contributed by atoms with Crippen molar-refractivity contribution in [3.05, 3.63) is 59.6 Å². The number of aliphatic hydroxyl groups is 1. The summed E-state index contributed by atoms with van der Waals surface area (Å²) < 4.78 is 0. The molecule has 1 aromatic carbocycles. The van der Waals surface area contributed by atoms with Gasteiger partial charge in [0.1, 0.15) is 16.3 Å². The van der Waals surface area contributed by atoms with E-state index in [-0.39, 0.29) is 0 Å². The van der Waals surface area contributed by atoms with Crippen molar-refractivity contribution in [2.45, 2.75) is 38.8 Å². The van der Waals surface area contributed by atoms with Gasteiger partial charge < -0.3 is 10.0 Å². The van der Waals surface area contributed by atoms with Crippen LogP contribution in [0.1, 0.15) is 24.6 Å². The number of hydrogen-bond donors (Lipinski definition) is 1. The van der Waals surface area contributed by atoms with Crippen molar-refractivity contribution in [3.63, 3.8) is 0 Å². The molecule has 1 aliphatic carbocycles. The second kappa shape index (κ2) is 7.78. The Hall–Kier alpha value is -2.83. The van der Waals surface area contributed by atoms with Crippen LogP contribution in [0.4, 0.5) is 5.82 Å². The number of hydrogen-bond acceptors (Lipinski definition) is 6. The van der Waals surface area contributed by atoms with Crippen molar-refractivity contribution in [2.24, 2.45) is 0 Å². The van der Waals surface area contributed by atoms with Crippen LogP contribution >= 0.6 is 11.3 Å². The van der Waals surface area contributed by atoms with Crippen molar-refractivity contribution in [1.82, 2.24) is 15.0 Å². The van der Waals surface area contributed by atoms with Crippen molar-refractivity contribution in [2.75, 3.05) is 11.4 Å². The molecule has 6 heteroatoms. The minimum atomic E-state index is -0.436. The van der Waals surface area contributed by atoms with Crippen LogP contribution in [0.3, 0.4) is 0 Å². The lowest BCUT2D eigenvalue weighted by atomic mass is 10.0. The van der Waals surface area contributed by atoms with Crippen LogP contribution in [0, 0.1) is 6.92 Å². The molecular weight excluding hydrogens is 392 g/mol. The molecule has 0 unspecified atom stereocenters. The standard InChI is InChI=1S/C24H24N4OS/c1-15(29)14-28(18-11-12-18)23-21-20(17-8-4-3-5-9-17)16(2)30-24(21)27-22(26-23)19-10-6-7-13-25-19/h3-10,13,15,18,29H,11-12,14H2,1-2H3/t15-/m1/s1. The highest BCUT2D eigenvalue weighted by molar-refractivity contribution is 7.19. The largest absolute Gasteiger partial charge is 0.392 e. The number of nitrogens with zero attached hydrogens (tertiary/aromatic N) is 4. The fraction of sp³-hybridized carbons (Fsp3) is 0.292. The van der Waals surface area contributed by atoms with Gasteiger partial charge in [0.15, 0.2) is 5.82 Å². The van der Waals surface area contributed by atoms with Crippen LogP contribution in [0.25, 0.3) is 32.9 Å². The highest BCUT2D eigenvalue weighted by Gasteiger charge is 2.33. The summed E-state index contributed by atoms with van der Waals surface area (Å²) in [5.74, 6) is 1.54. The summed E-state index contributed by atoms with van der Waals surface area (Å²) in [5.41, 5.74) is 3.12. The van der Waals surface area contributed by atoms with Crippen LogP contribution < -0.4 is 4.90 Å². The predicted molar refractivity (Wildman–Crippen MR) is 123 cm³/mol. The predicted octanol–water partition coefficient (Wildman–Crippen LogP) is 5.08.